The lowest BCUT2D eigenvalue weighted by Crippen LogP contribution is -2.33. The van der Waals surface area contributed by atoms with Crippen LogP contribution in [-0.2, 0) is 22.3 Å². The molecule has 1 atom stereocenters. The second kappa shape index (κ2) is 12.7. The van der Waals surface area contributed by atoms with E-state index in [1.165, 1.54) is 17.5 Å². The van der Waals surface area contributed by atoms with E-state index in [-0.39, 0.29) is 24.5 Å². The molecule has 4 nitrogen and oxygen atoms in total. The number of hydrogen-bond donors (Lipinski definition) is 0. The van der Waals surface area contributed by atoms with E-state index in [1.807, 2.05) is 48.5 Å². The molecule has 4 heteroatoms. The molecule has 0 bridgehead atoms. The summed E-state index contributed by atoms with van der Waals surface area (Å²) in [5, 5.41) is 0. The van der Waals surface area contributed by atoms with Crippen LogP contribution >= 0.6 is 0 Å². The summed E-state index contributed by atoms with van der Waals surface area (Å²) in [4.78, 5) is 25.6. The predicted molar refractivity (Wildman–Crippen MR) is 136 cm³/mol. The highest BCUT2D eigenvalue weighted by Gasteiger charge is 2.29. The van der Waals surface area contributed by atoms with Crippen LogP contribution in [0.3, 0.4) is 0 Å². The van der Waals surface area contributed by atoms with E-state index in [1.54, 1.807) is 0 Å². The third-order valence-corrected chi connectivity index (χ3v) is 6.48. The lowest BCUT2D eigenvalue weighted by Gasteiger charge is -2.29. The molecule has 2 aromatic carbocycles. The first-order valence-corrected chi connectivity index (χ1v) is 12.9. The molecule has 1 aliphatic rings. The van der Waals surface area contributed by atoms with E-state index in [0.29, 0.717) is 23.0 Å². The maximum atomic E-state index is 12.9. The van der Waals surface area contributed by atoms with Gasteiger partial charge in [0.2, 0.25) is 0 Å². The molecule has 0 spiro atoms. The van der Waals surface area contributed by atoms with Gasteiger partial charge >= 0.3 is 11.9 Å². The van der Waals surface area contributed by atoms with Gasteiger partial charge in [-0.05, 0) is 78.8 Å². The average Bonchev–Trinajstić information content (AvgIpc) is 2.82. The molecule has 3 rings (SSSR count). The topological polar surface area (TPSA) is 52.6 Å². The van der Waals surface area contributed by atoms with Crippen LogP contribution in [0.1, 0.15) is 91.6 Å². The van der Waals surface area contributed by atoms with Crippen molar-refractivity contribution in [2.24, 2.45) is 17.8 Å². The summed E-state index contributed by atoms with van der Waals surface area (Å²) in [6.45, 7) is 8.80. The van der Waals surface area contributed by atoms with Crippen molar-refractivity contribution in [1.29, 1.82) is 0 Å². The van der Waals surface area contributed by atoms with Gasteiger partial charge < -0.3 is 9.47 Å². The summed E-state index contributed by atoms with van der Waals surface area (Å²) < 4.78 is 11.6. The first-order chi connectivity index (χ1) is 16.3. The molecule has 184 valence electrons. The van der Waals surface area contributed by atoms with Crippen LogP contribution in [0.2, 0.25) is 0 Å². The summed E-state index contributed by atoms with van der Waals surface area (Å²) >= 11 is 0. The predicted octanol–water partition coefficient (Wildman–Crippen LogP) is 7.05. The summed E-state index contributed by atoms with van der Waals surface area (Å²) in [7, 11) is 0. The highest BCUT2D eigenvalue weighted by Crippen LogP contribution is 2.29. The van der Waals surface area contributed by atoms with Gasteiger partial charge in [0.25, 0.3) is 0 Å². The highest BCUT2D eigenvalue weighted by molar-refractivity contribution is 5.90. The maximum Gasteiger partial charge on any atom is 0.338 e. The zero-order valence-electron chi connectivity index (χ0n) is 21.2. The Bertz CT molecular complexity index is 906. The molecule has 1 fully saturated rings. The van der Waals surface area contributed by atoms with E-state index < -0.39 is 6.10 Å². The van der Waals surface area contributed by atoms with Crippen molar-refractivity contribution < 1.29 is 19.1 Å². The van der Waals surface area contributed by atoms with Gasteiger partial charge in [0.1, 0.15) is 12.7 Å². The number of esters is 2. The van der Waals surface area contributed by atoms with E-state index in [9.17, 15) is 9.59 Å². The molecule has 34 heavy (non-hydrogen) atoms. The highest BCUT2D eigenvalue weighted by atomic mass is 16.6. The molecule has 0 unspecified atom stereocenters. The van der Waals surface area contributed by atoms with E-state index in [4.69, 9.17) is 9.47 Å². The van der Waals surface area contributed by atoms with Crippen molar-refractivity contribution in [1.82, 2.24) is 0 Å². The monoisotopic (exact) mass is 464 g/mol. The third-order valence-electron chi connectivity index (χ3n) is 6.48. The summed E-state index contributed by atoms with van der Waals surface area (Å²) in [6, 6.07) is 15.3. The smallest absolute Gasteiger partial charge is 0.338 e. The Morgan fingerprint density at radius 2 is 1.21 bits per heavy atom. The molecule has 0 amide bonds. The lowest BCUT2D eigenvalue weighted by molar-refractivity contribution is -0.0247. The van der Waals surface area contributed by atoms with E-state index in [0.717, 1.165) is 38.5 Å². The number of ether oxygens (including phenoxy) is 2. The molecule has 2 aromatic rings. The second-order valence-electron chi connectivity index (χ2n) is 10.5. The number of benzene rings is 2. The van der Waals surface area contributed by atoms with E-state index in [2.05, 4.69) is 27.7 Å². The van der Waals surface area contributed by atoms with Gasteiger partial charge in [-0.3, -0.25) is 0 Å². The van der Waals surface area contributed by atoms with Gasteiger partial charge in [0.05, 0.1) is 11.1 Å². The first kappa shape index (κ1) is 26.0. The van der Waals surface area contributed by atoms with Crippen LogP contribution in [0.25, 0.3) is 0 Å². The molecule has 1 aliphatic carbocycles. The maximum absolute atomic E-state index is 12.9. The molecule has 0 saturated heterocycles. The van der Waals surface area contributed by atoms with Gasteiger partial charge in [-0.15, -0.1) is 0 Å². The Balaban J connectivity index is 1.62. The van der Waals surface area contributed by atoms with Crippen molar-refractivity contribution in [3.63, 3.8) is 0 Å². The normalized spacial score (nSPS) is 15.4. The van der Waals surface area contributed by atoms with Crippen LogP contribution in [0, 0.1) is 17.8 Å². The fourth-order valence-electron chi connectivity index (χ4n) is 4.72. The minimum absolute atomic E-state index is 0.0917. The minimum atomic E-state index is -0.424. The van der Waals surface area contributed by atoms with Crippen LogP contribution in [0.5, 0.6) is 0 Å². The Morgan fingerprint density at radius 3 is 1.68 bits per heavy atom. The Morgan fingerprint density at radius 1 is 0.735 bits per heavy atom. The number of carbonyl (C=O) groups is 2. The van der Waals surface area contributed by atoms with Crippen molar-refractivity contribution in [3.05, 3.63) is 70.8 Å². The Hall–Kier alpha value is -2.62. The molecule has 0 radical (unpaired) electrons. The fraction of sp³-hybridized carbons (Fsp3) is 0.533. The van der Waals surface area contributed by atoms with Gasteiger partial charge in [-0.1, -0.05) is 71.2 Å². The number of rotatable bonds is 10. The Labute approximate surface area is 205 Å². The van der Waals surface area contributed by atoms with Crippen molar-refractivity contribution >= 4 is 11.9 Å². The zero-order valence-corrected chi connectivity index (χ0v) is 21.2. The van der Waals surface area contributed by atoms with Crippen LogP contribution in [-0.4, -0.2) is 24.6 Å². The van der Waals surface area contributed by atoms with Crippen LogP contribution in [0.15, 0.2) is 48.5 Å². The minimum Gasteiger partial charge on any atom is -0.458 e. The van der Waals surface area contributed by atoms with Crippen LogP contribution in [0.4, 0.5) is 0 Å². The van der Waals surface area contributed by atoms with Crippen molar-refractivity contribution in [3.8, 4) is 0 Å². The molecule has 0 aromatic heterocycles. The Kier molecular flexibility index (Phi) is 9.74. The van der Waals surface area contributed by atoms with Gasteiger partial charge in [-0.25, -0.2) is 9.59 Å². The molecule has 0 aliphatic heterocycles. The quantitative estimate of drug-likeness (QED) is 0.354. The van der Waals surface area contributed by atoms with Gasteiger partial charge in [-0.2, -0.15) is 0 Å². The van der Waals surface area contributed by atoms with Crippen LogP contribution < -0.4 is 0 Å². The summed E-state index contributed by atoms with van der Waals surface area (Å²) in [5.41, 5.74) is 3.49. The van der Waals surface area contributed by atoms with Crippen molar-refractivity contribution in [2.75, 3.05) is 6.61 Å². The van der Waals surface area contributed by atoms with Crippen molar-refractivity contribution in [2.45, 2.75) is 78.7 Å². The first-order valence-electron chi connectivity index (χ1n) is 12.9. The standard InChI is InChI=1S/C30H40O4/c1-21(2)18-23-10-14-26(15-11-23)29(31)33-20-28(25-8-6-5-7-9-25)34-30(32)27-16-12-24(13-17-27)19-22(3)4/h10-17,21-22,25,28H,5-9,18-20H2,1-4H3/t28-/m0/s1. The molecule has 0 heterocycles. The average molecular weight is 465 g/mol. The second-order valence-corrected chi connectivity index (χ2v) is 10.5. The third kappa shape index (κ3) is 8.00. The van der Waals surface area contributed by atoms with E-state index >= 15 is 0 Å². The number of hydrogen-bond acceptors (Lipinski definition) is 4. The SMILES string of the molecule is CC(C)Cc1ccc(C(=O)OC[C@H](OC(=O)c2ccc(CC(C)C)cc2)C2CCCCC2)cc1. The fourth-order valence-corrected chi connectivity index (χ4v) is 4.72. The zero-order chi connectivity index (χ0) is 24.5. The van der Waals surface area contributed by atoms with Gasteiger partial charge in [0.15, 0.2) is 0 Å². The molecular formula is C30H40O4. The molecule has 1 saturated carbocycles. The van der Waals surface area contributed by atoms with Gasteiger partial charge in [0, 0.05) is 0 Å². The number of carbonyl (C=O) groups excluding carboxylic acids is 2. The summed E-state index contributed by atoms with van der Waals surface area (Å²) in [5.74, 6) is 0.635. The molecule has 0 N–H and O–H groups in total. The summed E-state index contributed by atoms with van der Waals surface area (Å²) in [6.07, 6.45) is 6.97. The largest absolute Gasteiger partial charge is 0.458 e. The lowest BCUT2D eigenvalue weighted by atomic mass is 9.85. The molecular weight excluding hydrogens is 424 g/mol.